The lowest BCUT2D eigenvalue weighted by molar-refractivity contribution is -0.123. The molecule has 0 unspecified atom stereocenters. The van der Waals surface area contributed by atoms with E-state index in [2.05, 4.69) is 17.4 Å². The van der Waals surface area contributed by atoms with Crippen molar-refractivity contribution < 1.29 is 13.9 Å². The average Bonchev–Trinajstić information content (AvgIpc) is 2.65. The molecule has 0 fully saturated rings. The summed E-state index contributed by atoms with van der Waals surface area (Å²) in [7, 11) is 0. The molecule has 0 spiro atoms. The van der Waals surface area contributed by atoms with Crippen molar-refractivity contribution >= 4 is 22.4 Å². The molecule has 0 atom stereocenters. The number of rotatable bonds is 6. The van der Waals surface area contributed by atoms with Crippen LogP contribution < -0.4 is 15.6 Å². The highest BCUT2D eigenvalue weighted by Gasteiger charge is 2.07. The molecule has 0 heterocycles. The van der Waals surface area contributed by atoms with E-state index in [9.17, 15) is 9.18 Å². The number of carbonyl (C=O) groups excluding carboxylic acids is 1. The lowest BCUT2D eigenvalue weighted by Gasteiger charge is -2.12. The van der Waals surface area contributed by atoms with Crippen LogP contribution in [0.1, 0.15) is 5.56 Å². The minimum Gasteiger partial charge on any atom is -0.481 e. The van der Waals surface area contributed by atoms with E-state index in [1.54, 1.807) is 12.1 Å². The molecule has 126 valence electrons. The van der Waals surface area contributed by atoms with Gasteiger partial charge in [-0.1, -0.05) is 55.1 Å². The smallest absolute Gasteiger partial charge is 0.276 e. The van der Waals surface area contributed by atoms with Crippen LogP contribution in [0.5, 0.6) is 5.75 Å². The summed E-state index contributed by atoms with van der Waals surface area (Å²) in [5.41, 5.74) is 6.63. The fourth-order valence-corrected chi connectivity index (χ4v) is 2.34. The molecule has 3 rings (SSSR count). The van der Waals surface area contributed by atoms with E-state index >= 15 is 0 Å². The van der Waals surface area contributed by atoms with Crippen LogP contribution in [0.3, 0.4) is 0 Å². The first kappa shape index (κ1) is 16.5. The number of halogens is 1. The molecule has 1 amide bonds. The van der Waals surface area contributed by atoms with Gasteiger partial charge in [-0.05, 0) is 34.5 Å². The highest BCUT2D eigenvalue weighted by Crippen LogP contribution is 2.18. The summed E-state index contributed by atoms with van der Waals surface area (Å²) in [5, 5.41) is 2.21. The van der Waals surface area contributed by atoms with Gasteiger partial charge in [0.2, 0.25) is 0 Å². The van der Waals surface area contributed by atoms with Gasteiger partial charge in [0, 0.05) is 0 Å². The molecular formula is C20H17FN2O2. The summed E-state index contributed by atoms with van der Waals surface area (Å²) in [4.78, 5) is 11.8. The second-order valence-electron chi connectivity index (χ2n) is 5.43. The third-order valence-electron chi connectivity index (χ3n) is 3.65. The van der Waals surface area contributed by atoms with Crippen LogP contribution in [0.15, 0.2) is 73.3 Å². The Bertz CT molecular complexity index is 924. The van der Waals surface area contributed by atoms with Crippen molar-refractivity contribution in [2.45, 2.75) is 0 Å². The zero-order valence-electron chi connectivity index (χ0n) is 13.5. The zero-order valence-corrected chi connectivity index (χ0v) is 13.5. The normalized spacial score (nSPS) is 10.3. The van der Waals surface area contributed by atoms with E-state index in [0.717, 1.165) is 16.3 Å². The first-order valence-electron chi connectivity index (χ1n) is 7.74. The minimum absolute atomic E-state index is 0.0333. The number of fused-ring (bicyclic) bond motifs is 1. The highest BCUT2D eigenvalue weighted by atomic mass is 19.1. The number of para-hydroxylation sites is 1. The Morgan fingerprint density at radius 2 is 1.68 bits per heavy atom. The maximum absolute atomic E-state index is 13.4. The second kappa shape index (κ2) is 7.49. The summed E-state index contributed by atoms with van der Waals surface area (Å²) in [5.74, 6) is -0.917. The predicted molar refractivity (Wildman–Crippen MR) is 96.2 cm³/mol. The second-order valence-corrected chi connectivity index (χ2v) is 5.43. The van der Waals surface area contributed by atoms with E-state index in [1.165, 1.54) is 12.1 Å². The van der Waals surface area contributed by atoms with Crippen LogP contribution in [0, 0.1) is 5.82 Å². The lowest BCUT2D eigenvalue weighted by Crippen LogP contribution is -2.39. The van der Waals surface area contributed by atoms with E-state index in [1.807, 2.05) is 42.5 Å². The van der Waals surface area contributed by atoms with E-state index < -0.39 is 11.7 Å². The van der Waals surface area contributed by atoms with Gasteiger partial charge in [0.1, 0.15) is 0 Å². The van der Waals surface area contributed by atoms with Gasteiger partial charge < -0.3 is 4.74 Å². The largest absolute Gasteiger partial charge is 0.481 e. The Balaban J connectivity index is 1.54. The molecule has 0 aliphatic carbocycles. The Morgan fingerprint density at radius 1 is 0.960 bits per heavy atom. The number of hydrazine groups is 1. The third-order valence-corrected chi connectivity index (χ3v) is 3.65. The summed E-state index contributed by atoms with van der Waals surface area (Å²) in [6.45, 7) is 3.60. The number of amides is 1. The SMILES string of the molecule is C=C(NNC(=O)COc1ccccc1F)c1ccc2ccccc2c1. The quantitative estimate of drug-likeness (QED) is 0.676. The van der Waals surface area contributed by atoms with Crippen molar-refractivity contribution in [1.29, 1.82) is 0 Å². The van der Waals surface area contributed by atoms with E-state index in [-0.39, 0.29) is 12.4 Å². The Hall–Kier alpha value is -3.34. The van der Waals surface area contributed by atoms with Crippen molar-refractivity contribution in [1.82, 2.24) is 10.9 Å². The van der Waals surface area contributed by atoms with Crippen molar-refractivity contribution in [2.75, 3.05) is 6.61 Å². The summed E-state index contributed by atoms with van der Waals surface area (Å²) in [6.07, 6.45) is 0. The van der Waals surface area contributed by atoms with Gasteiger partial charge in [-0.3, -0.25) is 15.6 Å². The molecular weight excluding hydrogens is 319 g/mol. The minimum atomic E-state index is -0.510. The van der Waals surface area contributed by atoms with Crippen molar-refractivity contribution in [3.8, 4) is 5.75 Å². The van der Waals surface area contributed by atoms with Crippen molar-refractivity contribution in [3.63, 3.8) is 0 Å². The molecule has 5 heteroatoms. The van der Waals surface area contributed by atoms with Gasteiger partial charge in [-0.2, -0.15) is 0 Å². The van der Waals surface area contributed by atoms with Gasteiger partial charge in [-0.15, -0.1) is 0 Å². The van der Waals surface area contributed by atoms with Crippen LogP contribution >= 0.6 is 0 Å². The fraction of sp³-hybridized carbons (Fsp3) is 0.0500. The topological polar surface area (TPSA) is 50.4 Å². The monoisotopic (exact) mass is 336 g/mol. The molecule has 0 saturated heterocycles. The Morgan fingerprint density at radius 3 is 2.48 bits per heavy atom. The van der Waals surface area contributed by atoms with Gasteiger partial charge in [0.15, 0.2) is 18.2 Å². The fourth-order valence-electron chi connectivity index (χ4n) is 2.34. The highest BCUT2D eigenvalue weighted by molar-refractivity contribution is 5.86. The molecule has 0 aliphatic rings. The number of ether oxygens (including phenoxy) is 1. The van der Waals surface area contributed by atoms with Gasteiger partial charge >= 0.3 is 0 Å². The van der Waals surface area contributed by atoms with Crippen LogP contribution in [0.2, 0.25) is 0 Å². The van der Waals surface area contributed by atoms with Crippen molar-refractivity contribution in [2.24, 2.45) is 0 Å². The standard InChI is InChI=1S/C20H17FN2O2/c1-14(16-11-10-15-6-2-3-7-17(15)12-16)22-23-20(24)13-25-19-9-5-4-8-18(19)21/h2-12,22H,1,13H2,(H,23,24). The van der Waals surface area contributed by atoms with Crippen LogP contribution in [-0.2, 0) is 4.79 Å². The first-order chi connectivity index (χ1) is 12.1. The van der Waals surface area contributed by atoms with Crippen molar-refractivity contribution in [3.05, 3.63) is 84.7 Å². The first-order valence-corrected chi connectivity index (χ1v) is 7.74. The van der Waals surface area contributed by atoms with Crippen LogP contribution in [-0.4, -0.2) is 12.5 Å². The number of carbonyl (C=O) groups is 1. The van der Waals surface area contributed by atoms with Gasteiger partial charge in [0.25, 0.3) is 5.91 Å². The van der Waals surface area contributed by atoms with Gasteiger partial charge in [-0.25, -0.2) is 4.39 Å². The van der Waals surface area contributed by atoms with Crippen LogP contribution in [0.25, 0.3) is 16.5 Å². The molecule has 4 nitrogen and oxygen atoms in total. The third kappa shape index (κ3) is 4.14. The predicted octanol–water partition coefficient (Wildman–Crippen LogP) is 3.65. The molecule has 0 saturated carbocycles. The van der Waals surface area contributed by atoms with Gasteiger partial charge in [0.05, 0.1) is 5.70 Å². The number of hydrogen-bond acceptors (Lipinski definition) is 3. The number of benzene rings is 3. The molecule has 0 bridgehead atoms. The summed E-state index contributed by atoms with van der Waals surface area (Å²) < 4.78 is 18.6. The summed E-state index contributed by atoms with van der Waals surface area (Å²) in [6, 6.07) is 19.8. The molecule has 3 aromatic rings. The van der Waals surface area contributed by atoms with E-state index in [4.69, 9.17) is 4.74 Å². The lowest BCUT2D eigenvalue weighted by atomic mass is 10.1. The molecule has 25 heavy (non-hydrogen) atoms. The Kier molecular flexibility index (Phi) is 4.95. The average molecular weight is 336 g/mol. The molecule has 3 aromatic carbocycles. The van der Waals surface area contributed by atoms with Crippen LogP contribution in [0.4, 0.5) is 4.39 Å². The maximum Gasteiger partial charge on any atom is 0.276 e. The Labute approximate surface area is 144 Å². The molecule has 0 aliphatic heterocycles. The maximum atomic E-state index is 13.4. The molecule has 0 radical (unpaired) electrons. The molecule has 0 aromatic heterocycles. The summed E-state index contributed by atoms with van der Waals surface area (Å²) >= 11 is 0. The molecule has 2 N–H and O–H groups in total. The number of nitrogens with one attached hydrogen (secondary N) is 2. The zero-order chi connectivity index (χ0) is 17.6. The van der Waals surface area contributed by atoms with E-state index in [0.29, 0.717) is 5.70 Å². The number of hydrogen-bond donors (Lipinski definition) is 2.